The fourth-order valence-corrected chi connectivity index (χ4v) is 6.24. The van der Waals surface area contributed by atoms with Gasteiger partial charge in [-0.1, -0.05) is 59.1 Å². The van der Waals surface area contributed by atoms with Crippen LogP contribution in [0.2, 0.25) is 0 Å². The molecule has 0 bridgehead atoms. The lowest BCUT2D eigenvalue weighted by Gasteiger charge is -2.25. The van der Waals surface area contributed by atoms with Crippen LogP contribution in [-0.4, -0.2) is 11.8 Å². The maximum Gasteiger partial charge on any atom is 0.0314 e. The molecule has 1 unspecified atom stereocenters. The summed E-state index contributed by atoms with van der Waals surface area (Å²) in [5.41, 5.74) is 7.71. The Morgan fingerprint density at radius 1 is 1.05 bits per heavy atom. The molecule has 1 aliphatic carbocycles. The van der Waals surface area contributed by atoms with E-state index in [1.807, 2.05) is 0 Å². The highest BCUT2D eigenvalue weighted by Crippen LogP contribution is 2.48. The molecule has 0 radical (unpaired) electrons. The van der Waals surface area contributed by atoms with Gasteiger partial charge in [-0.3, -0.25) is 0 Å². The Hall–Kier alpha value is -0.550. The molecule has 0 saturated heterocycles. The van der Waals surface area contributed by atoms with Crippen molar-refractivity contribution in [3.05, 3.63) is 24.3 Å². The van der Waals surface area contributed by atoms with E-state index in [-0.39, 0.29) is 7.92 Å². The Morgan fingerprint density at radius 2 is 1.74 bits per heavy atom. The molecule has 0 aromatic heterocycles. The molecule has 0 heterocycles. The number of benzene rings is 1. The average molecular weight is 277 g/mol. The molecule has 0 spiro atoms. The molecule has 0 amide bonds. The van der Waals surface area contributed by atoms with E-state index in [9.17, 15) is 0 Å². The van der Waals surface area contributed by atoms with Crippen molar-refractivity contribution in [2.24, 2.45) is 0 Å². The fraction of sp³-hybridized carbons (Fsp3) is 0.647. The number of hydrogen-bond acceptors (Lipinski definition) is 1. The van der Waals surface area contributed by atoms with Crippen molar-refractivity contribution in [3.63, 3.8) is 0 Å². The van der Waals surface area contributed by atoms with Crippen molar-refractivity contribution in [2.45, 2.75) is 63.9 Å². The van der Waals surface area contributed by atoms with E-state index in [1.165, 1.54) is 57.5 Å². The van der Waals surface area contributed by atoms with Gasteiger partial charge in [-0.15, -0.1) is 0 Å². The summed E-state index contributed by atoms with van der Waals surface area (Å²) in [4.78, 5) is 0. The monoisotopic (exact) mass is 277 g/mol. The van der Waals surface area contributed by atoms with Crippen LogP contribution in [0.25, 0.3) is 0 Å². The fourth-order valence-electron chi connectivity index (χ4n) is 3.11. The van der Waals surface area contributed by atoms with E-state index < -0.39 is 0 Å². The van der Waals surface area contributed by atoms with Crippen molar-refractivity contribution in [1.82, 2.24) is 0 Å². The molecule has 1 aromatic rings. The summed E-state index contributed by atoms with van der Waals surface area (Å²) in [5.74, 6) is 0. The first-order valence-corrected chi connectivity index (χ1v) is 9.53. The van der Waals surface area contributed by atoms with Gasteiger partial charge in [0.1, 0.15) is 0 Å². The van der Waals surface area contributed by atoms with E-state index in [0.717, 1.165) is 11.3 Å². The zero-order valence-electron chi connectivity index (χ0n) is 12.3. The van der Waals surface area contributed by atoms with Gasteiger partial charge in [0.05, 0.1) is 0 Å². The highest BCUT2D eigenvalue weighted by Gasteiger charge is 2.25. The van der Waals surface area contributed by atoms with Gasteiger partial charge >= 0.3 is 0 Å². The van der Waals surface area contributed by atoms with Gasteiger partial charge in [0.2, 0.25) is 0 Å². The predicted molar refractivity (Wildman–Crippen MR) is 88.7 cm³/mol. The number of nitrogens with two attached hydrogens (primary N) is 1. The van der Waals surface area contributed by atoms with Gasteiger partial charge in [0.15, 0.2) is 0 Å². The van der Waals surface area contributed by atoms with E-state index in [2.05, 4.69) is 31.2 Å². The summed E-state index contributed by atoms with van der Waals surface area (Å²) < 4.78 is 0. The highest BCUT2D eigenvalue weighted by atomic mass is 31.1. The third-order valence-electron chi connectivity index (χ3n) is 4.24. The summed E-state index contributed by atoms with van der Waals surface area (Å²) in [6, 6.07) is 8.76. The van der Waals surface area contributed by atoms with Crippen LogP contribution in [0.1, 0.15) is 58.3 Å². The number of unbranched alkanes of at least 4 members (excludes halogenated alkanes) is 3. The van der Waals surface area contributed by atoms with Crippen molar-refractivity contribution >= 4 is 18.9 Å². The lowest BCUT2D eigenvalue weighted by molar-refractivity contribution is 0.703. The molecular formula is C17H28NP. The van der Waals surface area contributed by atoms with Crippen molar-refractivity contribution < 1.29 is 0 Å². The summed E-state index contributed by atoms with van der Waals surface area (Å²) >= 11 is 0. The lowest BCUT2D eigenvalue weighted by atomic mass is 10.2. The van der Waals surface area contributed by atoms with E-state index in [1.54, 1.807) is 5.30 Å². The maximum absolute atomic E-state index is 5.83. The molecule has 1 nitrogen and oxygen atoms in total. The van der Waals surface area contributed by atoms with Gasteiger partial charge in [-0.25, -0.2) is 0 Å². The topological polar surface area (TPSA) is 26.0 Å². The third kappa shape index (κ3) is 4.49. The second-order valence-electron chi connectivity index (χ2n) is 5.78. The van der Waals surface area contributed by atoms with E-state index >= 15 is 0 Å². The Morgan fingerprint density at radius 3 is 2.37 bits per heavy atom. The van der Waals surface area contributed by atoms with Crippen LogP contribution in [0.3, 0.4) is 0 Å². The normalized spacial score (nSPS) is 17.7. The lowest BCUT2D eigenvalue weighted by Crippen LogP contribution is -2.13. The molecule has 1 aromatic carbocycles. The first-order valence-electron chi connectivity index (χ1n) is 7.93. The first-order chi connectivity index (χ1) is 9.31. The summed E-state index contributed by atoms with van der Waals surface area (Å²) in [5, 5.41) is 1.59. The minimum atomic E-state index is 0.0585. The molecule has 1 atom stereocenters. The second-order valence-corrected chi connectivity index (χ2v) is 8.42. The van der Waals surface area contributed by atoms with Gasteiger partial charge in [0.25, 0.3) is 0 Å². The number of hydrogen-bond donors (Lipinski definition) is 1. The minimum absolute atomic E-state index is 0.0585. The quantitative estimate of drug-likeness (QED) is 0.428. The Balaban J connectivity index is 1.98. The van der Waals surface area contributed by atoms with E-state index in [0.29, 0.717) is 0 Å². The zero-order chi connectivity index (χ0) is 13.5. The largest absolute Gasteiger partial charge is 0.399 e. The molecule has 1 fully saturated rings. The highest BCUT2D eigenvalue weighted by molar-refractivity contribution is 7.66. The third-order valence-corrected chi connectivity index (χ3v) is 7.40. The zero-order valence-corrected chi connectivity index (χ0v) is 13.2. The molecule has 1 aliphatic rings. The van der Waals surface area contributed by atoms with Crippen molar-refractivity contribution in [1.29, 1.82) is 0 Å². The molecule has 2 rings (SSSR count). The first kappa shape index (κ1) is 14.9. The Kier molecular flexibility index (Phi) is 6.17. The van der Waals surface area contributed by atoms with Crippen LogP contribution >= 0.6 is 7.92 Å². The molecule has 106 valence electrons. The van der Waals surface area contributed by atoms with Crippen LogP contribution in [0.5, 0.6) is 0 Å². The standard InChI is InChI=1S/C17H28NP/c1-2-3-4-7-14-19(16-8-5-6-9-16)17-12-10-15(18)11-13-17/h10-13,16H,2-9,14,18H2,1H3. The van der Waals surface area contributed by atoms with Crippen LogP contribution in [0.4, 0.5) is 5.69 Å². The number of rotatable bonds is 7. The average Bonchev–Trinajstić information content (AvgIpc) is 2.94. The molecule has 1 saturated carbocycles. The van der Waals surface area contributed by atoms with E-state index in [4.69, 9.17) is 5.73 Å². The Bertz CT molecular complexity index is 354. The van der Waals surface area contributed by atoms with Crippen LogP contribution < -0.4 is 11.0 Å². The summed E-state index contributed by atoms with van der Waals surface area (Å²) in [6.07, 6.45) is 12.8. The van der Waals surface area contributed by atoms with Gasteiger partial charge < -0.3 is 5.73 Å². The SMILES string of the molecule is CCCCCCP(c1ccc(N)cc1)C1CCCC1. The molecule has 19 heavy (non-hydrogen) atoms. The molecule has 2 N–H and O–H groups in total. The van der Waals surface area contributed by atoms with Crippen molar-refractivity contribution in [3.8, 4) is 0 Å². The smallest absolute Gasteiger partial charge is 0.0314 e. The van der Waals surface area contributed by atoms with Crippen LogP contribution in [-0.2, 0) is 0 Å². The van der Waals surface area contributed by atoms with Crippen LogP contribution in [0, 0.1) is 0 Å². The molecular weight excluding hydrogens is 249 g/mol. The van der Waals surface area contributed by atoms with Gasteiger partial charge in [0, 0.05) is 5.69 Å². The summed E-state index contributed by atoms with van der Waals surface area (Å²) in [6.45, 7) is 2.29. The second kappa shape index (κ2) is 7.90. The predicted octanol–water partition coefficient (Wildman–Crippen LogP) is 4.90. The molecule has 2 heteroatoms. The minimum Gasteiger partial charge on any atom is -0.399 e. The van der Waals surface area contributed by atoms with Crippen LogP contribution in [0.15, 0.2) is 24.3 Å². The summed E-state index contributed by atoms with van der Waals surface area (Å²) in [7, 11) is 0.0585. The van der Waals surface area contributed by atoms with Gasteiger partial charge in [-0.05, 0) is 48.5 Å². The molecule has 0 aliphatic heterocycles. The van der Waals surface area contributed by atoms with Crippen molar-refractivity contribution in [2.75, 3.05) is 11.9 Å². The number of nitrogen functional groups attached to an aromatic ring is 1. The number of anilines is 1. The maximum atomic E-state index is 5.83. The van der Waals surface area contributed by atoms with Gasteiger partial charge in [-0.2, -0.15) is 0 Å². The Labute approximate surface area is 119 Å².